The summed E-state index contributed by atoms with van der Waals surface area (Å²) in [6.07, 6.45) is 4.50. The van der Waals surface area contributed by atoms with Crippen LogP contribution in [-0.2, 0) is 6.42 Å². The first-order valence-electron chi connectivity index (χ1n) is 8.21. The van der Waals surface area contributed by atoms with Gasteiger partial charge in [-0.3, -0.25) is 4.79 Å². The molecule has 2 aromatic rings. The molecule has 0 saturated carbocycles. The minimum Gasteiger partial charge on any atom is -0.489 e. The minimum absolute atomic E-state index is 0.190. The Morgan fingerprint density at radius 3 is 2.48 bits per heavy atom. The van der Waals surface area contributed by atoms with Gasteiger partial charge in [-0.1, -0.05) is 23.7 Å². The van der Waals surface area contributed by atoms with Crippen molar-refractivity contribution >= 4 is 17.5 Å². The molecule has 1 N–H and O–H groups in total. The number of carbonyl (C=O) groups is 1. The van der Waals surface area contributed by atoms with E-state index < -0.39 is 0 Å². The van der Waals surface area contributed by atoms with Crippen LogP contribution in [0.25, 0.3) is 0 Å². The van der Waals surface area contributed by atoms with Crippen LogP contribution < -0.4 is 14.8 Å². The average Bonchev–Trinajstić information content (AvgIpc) is 2.59. The zero-order valence-corrected chi connectivity index (χ0v) is 14.8. The van der Waals surface area contributed by atoms with E-state index in [0.717, 1.165) is 23.3 Å². The normalized spacial score (nSPS) is 16.3. The Hall–Kier alpha value is -2.46. The van der Waals surface area contributed by atoms with Gasteiger partial charge >= 0.3 is 0 Å². The first-order chi connectivity index (χ1) is 12.1. The number of hydrogen-bond donors (Lipinski definition) is 1. The minimum atomic E-state index is -0.190. The van der Waals surface area contributed by atoms with Gasteiger partial charge in [-0.15, -0.1) is 0 Å². The van der Waals surface area contributed by atoms with E-state index >= 15 is 0 Å². The lowest BCUT2D eigenvalue weighted by Crippen LogP contribution is -2.26. The molecule has 2 aliphatic heterocycles. The number of ether oxygens (including phenoxy) is 2. The van der Waals surface area contributed by atoms with Gasteiger partial charge in [0, 0.05) is 11.6 Å². The SMILES string of the molecule is Cc1cc2ccc1OC/C=C/COc1ccc(Cl)cc1C(=O)NCC2. The molecule has 25 heavy (non-hydrogen) atoms. The third-order valence-electron chi connectivity index (χ3n) is 3.96. The van der Waals surface area contributed by atoms with Crippen LogP contribution in [0.5, 0.6) is 11.5 Å². The van der Waals surface area contributed by atoms with Crippen LogP contribution in [-0.4, -0.2) is 25.7 Å². The quantitative estimate of drug-likeness (QED) is 0.726. The number of fused-ring (bicyclic) bond motifs is 9. The maximum absolute atomic E-state index is 12.5. The highest BCUT2D eigenvalue weighted by Gasteiger charge is 2.13. The van der Waals surface area contributed by atoms with Gasteiger partial charge in [0.1, 0.15) is 24.7 Å². The number of rotatable bonds is 0. The van der Waals surface area contributed by atoms with Crippen LogP contribution >= 0.6 is 11.6 Å². The van der Waals surface area contributed by atoms with Crippen molar-refractivity contribution in [1.29, 1.82) is 0 Å². The lowest BCUT2D eigenvalue weighted by atomic mass is 10.1. The van der Waals surface area contributed by atoms with Gasteiger partial charge < -0.3 is 14.8 Å². The van der Waals surface area contributed by atoms with Crippen molar-refractivity contribution in [3.05, 3.63) is 70.3 Å². The van der Waals surface area contributed by atoms with Crippen molar-refractivity contribution in [2.75, 3.05) is 19.8 Å². The zero-order chi connectivity index (χ0) is 17.6. The van der Waals surface area contributed by atoms with E-state index in [9.17, 15) is 4.79 Å². The molecule has 130 valence electrons. The Labute approximate surface area is 152 Å². The predicted molar refractivity (Wildman–Crippen MR) is 98.8 cm³/mol. The topological polar surface area (TPSA) is 47.6 Å². The van der Waals surface area contributed by atoms with Crippen LogP contribution in [0.2, 0.25) is 5.02 Å². The molecule has 0 aromatic heterocycles. The highest BCUT2D eigenvalue weighted by molar-refractivity contribution is 6.31. The molecule has 4 nitrogen and oxygen atoms in total. The van der Waals surface area contributed by atoms with E-state index in [2.05, 4.69) is 11.4 Å². The third kappa shape index (κ3) is 4.54. The van der Waals surface area contributed by atoms with Crippen molar-refractivity contribution in [3.8, 4) is 11.5 Å². The largest absolute Gasteiger partial charge is 0.489 e. The molecule has 2 aromatic carbocycles. The molecule has 0 radical (unpaired) electrons. The van der Waals surface area contributed by atoms with Crippen molar-refractivity contribution < 1.29 is 14.3 Å². The molecular weight excluding hydrogens is 338 g/mol. The predicted octanol–water partition coefficient (Wildman–Crippen LogP) is 3.95. The second-order valence-electron chi connectivity index (χ2n) is 5.84. The van der Waals surface area contributed by atoms with Crippen LogP contribution in [0.3, 0.4) is 0 Å². The fourth-order valence-electron chi connectivity index (χ4n) is 2.66. The molecule has 1 amide bonds. The molecule has 2 aliphatic rings. The summed E-state index contributed by atoms with van der Waals surface area (Å²) < 4.78 is 11.5. The highest BCUT2D eigenvalue weighted by Crippen LogP contribution is 2.23. The average molecular weight is 358 g/mol. The van der Waals surface area contributed by atoms with Gasteiger partial charge in [0.2, 0.25) is 0 Å². The Balaban J connectivity index is 1.84. The first-order valence-corrected chi connectivity index (χ1v) is 8.59. The van der Waals surface area contributed by atoms with Crippen LogP contribution in [0, 0.1) is 6.92 Å². The van der Waals surface area contributed by atoms with E-state index in [0.29, 0.717) is 36.1 Å². The van der Waals surface area contributed by atoms with Gasteiger partial charge in [0.15, 0.2) is 0 Å². The van der Waals surface area contributed by atoms with Crippen molar-refractivity contribution in [2.24, 2.45) is 0 Å². The van der Waals surface area contributed by atoms with Crippen molar-refractivity contribution in [2.45, 2.75) is 13.3 Å². The second kappa shape index (κ2) is 8.08. The molecule has 2 heterocycles. The summed E-state index contributed by atoms with van der Waals surface area (Å²) in [5.74, 6) is 1.19. The smallest absolute Gasteiger partial charge is 0.255 e. The summed E-state index contributed by atoms with van der Waals surface area (Å²) in [7, 11) is 0. The number of benzene rings is 2. The maximum atomic E-state index is 12.5. The fraction of sp³-hybridized carbons (Fsp3) is 0.250. The van der Waals surface area contributed by atoms with Crippen LogP contribution in [0.4, 0.5) is 0 Å². The summed E-state index contributed by atoms with van der Waals surface area (Å²) in [4.78, 5) is 12.5. The summed E-state index contributed by atoms with van der Waals surface area (Å²) in [5.41, 5.74) is 2.67. The van der Waals surface area contributed by atoms with Gasteiger partial charge in [-0.2, -0.15) is 0 Å². The molecular formula is C20H20ClNO3. The number of halogens is 1. The molecule has 0 atom stereocenters. The lowest BCUT2D eigenvalue weighted by molar-refractivity contribution is 0.0950. The van der Waals surface area contributed by atoms with Crippen LogP contribution in [0.15, 0.2) is 48.6 Å². The summed E-state index contributed by atoms with van der Waals surface area (Å²) in [6.45, 7) is 3.37. The number of hydrogen-bond acceptors (Lipinski definition) is 3. The van der Waals surface area contributed by atoms with Crippen molar-refractivity contribution in [1.82, 2.24) is 5.32 Å². The maximum Gasteiger partial charge on any atom is 0.255 e. The van der Waals surface area contributed by atoms with E-state index in [1.165, 1.54) is 0 Å². The number of nitrogens with one attached hydrogen (secondary N) is 1. The molecule has 0 saturated heterocycles. The number of amides is 1. The third-order valence-corrected chi connectivity index (χ3v) is 4.20. The van der Waals surface area contributed by atoms with E-state index in [1.54, 1.807) is 18.2 Å². The van der Waals surface area contributed by atoms with E-state index in [4.69, 9.17) is 21.1 Å². The molecule has 4 rings (SSSR count). The Bertz CT molecular complexity index is 802. The van der Waals surface area contributed by atoms with Crippen LogP contribution in [0.1, 0.15) is 21.5 Å². The van der Waals surface area contributed by atoms with E-state index in [-0.39, 0.29) is 5.91 Å². The Morgan fingerprint density at radius 2 is 1.72 bits per heavy atom. The molecule has 0 fully saturated rings. The number of aryl methyl sites for hydroxylation is 1. The second-order valence-corrected chi connectivity index (χ2v) is 6.28. The van der Waals surface area contributed by atoms with Gasteiger partial charge in [0.05, 0.1) is 5.56 Å². The van der Waals surface area contributed by atoms with Crippen molar-refractivity contribution in [3.63, 3.8) is 0 Å². The molecule has 2 bridgehead atoms. The highest BCUT2D eigenvalue weighted by atomic mass is 35.5. The fourth-order valence-corrected chi connectivity index (χ4v) is 2.83. The molecule has 0 unspecified atom stereocenters. The van der Waals surface area contributed by atoms with Gasteiger partial charge in [0.25, 0.3) is 5.91 Å². The summed E-state index contributed by atoms with van der Waals surface area (Å²) >= 11 is 6.03. The zero-order valence-electron chi connectivity index (χ0n) is 14.0. The van der Waals surface area contributed by atoms with E-state index in [1.807, 2.05) is 31.2 Å². The Morgan fingerprint density at radius 1 is 1.00 bits per heavy atom. The molecule has 0 spiro atoms. The first kappa shape index (κ1) is 17.4. The lowest BCUT2D eigenvalue weighted by Gasteiger charge is -2.13. The Kier molecular flexibility index (Phi) is 5.61. The van der Waals surface area contributed by atoms with Gasteiger partial charge in [-0.05, 0) is 60.9 Å². The standard InChI is InChI=1S/C20H20ClNO3/c1-14-12-15-4-6-18(14)24-10-2-3-11-25-19-7-5-16(21)13-17(19)20(23)22-9-8-15/h2-7,12-13H,8-11H2,1H3,(H,22,23)/b3-2+. The van der Waals surface area contributed by atoms with Gasteiger partial charge in [-0.25, -0.2) is 0 Å². The monoisotopic (exact) mass is 357 g/mol. The number of carbonyl (C=O) groups excluding carboxylic acids is 1. The molecule has 0 aliphatic carbocycles. The summed E-state index contributed by atoms with van der Waals surface area (Å²) in [6, 6.07) is 11.1. The molecule has 5 heteroatoms. The summed E-state index contributed by atoms with van der Waals surface area (Å²) in [5, 5.41) is 3.43.